The van der Waals surface area contributed by atoms with Gasteiger partial charge in [0, 0.05) is 31.4 Å². The number of phenols is 2. The Kier molecular flexibility index (Phi) is 27.6. The summed E-state index contributed by atoms with van der Waals surface area (Å²) in [5, 5.41) is 67.1. The number of aliphatic carboxylic acids is 2. The van der Waals surface area contributed by atoms with Crippen molar-refractivity contribution in [3.63, 3.8) is 0 Å². The smallest absolute Gasteiger partial charge is 0.317 e. The number of phenolic OH excluding ortho intramolecular Hbond substituents is 2. The van der Waals surface area contributed by atoms with Crippen molar-refractivity contribution in [2.75, 3.05) is 18.1 Å². The number of nitrogens with one attached hydrogen (secondary N) is 10. The number of fused-ring (bicyclic) bond motifs is 1. The van der Waals surface area contributed by atoms with E-state index in [1.54, 1.807) is 52.0 Å². The Bertz CT molecular complexity index is 3550. The molecule has 31 heteroatoms. The third-order valence-corrected chi connectivity index (χ3v) is 17.4. The molecule has 8 atom stereocenters. The minimum Gasteiger partial charge on any atom is -0.508 e. The molecule has 1 aliphatic heterocycles. The van der Waals surface area contributed by atoms with Crippen molar-refractivity contribution in [3.05, 3.63) is 108 Å². The monoisotopic (exact) mass is 1360 g/mol. The summed E-state index contributed by atoms with van der Waals surface area (Å²) in [5.41, 5.74) is 10.9. The van der Waals surface area contributed by atoms with Gasteiger partial charge in [-0.1, -0.05) is 114 Å². The second-order valence-electron chi connectivity index (χ2n) is 24.9. The zero-order valence-electron chi connectivity index (χ0n) is 54.0. The first kappa shape index (κ1) is 75.7. The van der Waals surface area contributed by atoms with Crippen LogP contribution in [-0.2, 0) is 86.4 Å². The van der Waals surface area contributed by atoms with Crippen molar-refractivity contribution in [1.29, 1.82) is 0 Å². The van der Waals surface area contributed by atoms with Crippen molar-refractivity contribution >= 4 is 105 Å². The number of carbonyl (C=O) groups excluding carboxylic acids is 12. The van der Waals surface area contributed by atoms with Crippen LogP contribution in [-0.4, -0.2) is 175 Å². The Morgan fingerprint density at radius 2 is 1.01 bits per heavy atom. The standard InChI is InChI=1S/C66H84N12O18S/c1-34(2)24-44-56(85)74-47(27-37-15-20-42(80)21-16-37)61(90)78-66(22-8-5-9-23-66)65(96)76-49(30-51(67)81)60(89)77-54(35(3)4)62(91)69-31-52(82)70-45(28-38-12-17-39-10-6-7-11-40(39)25-38)57(86)73-46(26-36-13-18-41(79)19-14-36)58(87)75-50(55(68)84)32-97-33-53(83)71-48(59(88)72-44)29-43(63(92)93)64(94)95/h6-7,10-21,25,34-35,43-50,54,79-80H,5,8-9,22-24,26-33H2,1-4H3,(H2,67,81)(H2,68,84)(H,69,91)(H,70,82)(H,71,83)(H,72,88)(H,73,86)(H,74,85)(H,75,87)(H,76,96)(H,77,89)(H,78,90)(H,92,93)(H,94,95)/t44-,45-,46+,47+,48+,49+,50+,54-/m1/s1. The average molecular weight is 1370 g/mol. The van der Waals surface area contributed by atoms with E-state index in [2.05, 4.69) is 53.2 Å². The number of carbonyl (C=O) groups is 14. The fourth-order valence-corrected chi connectivity index (χ4v) is 12.0. The molecule has 4 aromatic rings. The number of benzene rings is 4. The summed E-state index contributed by atoms with van der Waals surface area (Å²) in [4.78, 5) is 195. The quantitative estimate of drug-likeness (QED) is 0.0603. The van der Waals surface area contributed by atoms with Crippen LogP contribution in [0.25, 0.3) is 10.8 Å². The van der Waals surface area contributed by atoms with Crippen molar-refractivity contribution < 1.29 is 87.5 Å². The van der Waals surface area contributed by atoms with Crippen molar-refractivity contribution in [1.82, 2.24) is 53.2 Å². The highest BCUT2D eigenvalue weighted by atomic mass is 32.2. The first-order valence-electron chi connectivity index (χ1n) is 31.6. The Hall–Kier alpha value is -10.3. The van der Waals surface area contributed by atoms with Gasteiger partial charge in [-0.15, -0.1) is 11.8 Å². The van der Waals surface area contributed by atoms with Crippen LogP contribution < -0.4 is 64.6 Å². The van der Waals surface area contributed by atoms with Crippen LogP contribution in [0.2, 0.25) is 0 Å². The summed E-state index contributed by atoms with van der Waals surface area (Å²) in [7, 11) is 0. The van der Waals surface area contributed by atoms with Gasteiger partial charge in [0.15, 0.2) is 5.92 Å². The molecule has 1 saturated carbocycles. The molecular formula is C66H84N12O18S. The molecule has 1 aliphatic carbocycles. The minimum absolute atomic E-state index is 0.0360. The number of hydrogen-bond donors (Lipinski definition) is 16. The van der Waals surface area contributed by atoms with Crippen LogP contribution in [0.1, 0.15) is 95.8 Å². The number of aromatic hydroxyl groups is 2. The van der Waals surface area contributed by atoms with E-state index in [-0.39, 0.29) is 50.0 Å². The lowest BCUT2D eigenvalue weighted by Gasteiger charge is -2.39. The molecule has 2 aliphatic rings. The fraction of sp³-hybridized carbons (Fsp3) is 0.455. The van der Waals surface area contributed by atoms with E-state index in [1.165, 1.54) is 48.5 Å². The van der Waals surface area contributed by atoms with E-state index >= 15 is 0 Å². The fourth-order valence-electron chi connectivity index (χ4n) is 11.1. The summed E-state index contributed by atoms with van der Waals surface area (Å²) in [5.74, 6) is -21.0. The molecule has 1 heterocycles. The predicted molar refractivity (Wildman–Crippen MR) is 352 cm³/mol. The maximum Gasteiger partial charge on any atom is 0.317 e. The molecule has 12 amide bonds. The first-order chi connectivity index (χ1) is 45.9. The maximum atomic E-state index is 14.9. The highest BCUT2D eigenvalue weighted by Gasteiger charge is 2.45. The summed E-state index contributed by atoms with van der Waals surface area (Å²) in [6.07, 6.45) is -1.68. The molecule has 30 nitrogen and oxygen atoms in total. The van der Waals surface area contributed by atoms with Crippen molar-refractivity contribution in [3.8, 4) is 11.5 Å². The second kappa shape index (κ2) is 35.4. The van der Waals surface area contributed by atoms with E-state index in [0.717, 1.165) is 10.8 Å². The van der Waals surface area contributed by atoms with E-state index < -0.39 is 185 Å². The largest absolute Gasteiger partial charge is 0.508 e. The molecule has 1 saturated heterocycles. The summed E-state index contributed by atoms with van der Waals surface area (Å²) >= 11 is 0.675. The third-order valence-electron chi connectivity index (χ3n) is 16.4. The number of primary amides is 2. The summed E-state index contributed by atoms with van der Waals surface area (Å²) in [6.45, 7) is 5.63. The number of nitrogens with two attached hydrogens (primary N) is 2. The zero-order chi connectivity index (χ0) is 71.3. The highest BCUT2D eigenvalue weighted by Crippen LogP contribution is 2.30. The summed E-state index contributed by atoms with van der Waals surface area (Å²) < 4.78 is 0. The van der Waals surface area contributed by atoms with Gasteiger partial charge in [0.1, 0.15) is 65.4 Å². The third kappa shape index (κ3) is 22.9. The molecule has 6 rings (SSSR count). The van der Waals surface area contributed by atoms with Gasteiger partial charge in [-0.3, -0.25) is 67.1 Å². The van der Waals surface area contributed by atoms with Gasteiger partial charge in [-0.2, -0.15) is 0 Å². The SMILES string of the molecule is CC(C)C[C@H]1NC(=O)[C@H](CC(C(=O)O)C(=O)O)NC(=O)CSC[C@@H](C(N)=O)NC(=O)[C@H](Cc2ccc(O)cc2)NC(=O)[C@@H](Cc2ccc3ccccc3c2)NC(=O)CNC(=O)[C@@H](C(C)C)NC(=O)[C@H](CC(N)=O)NC(=O)C2(CCCCC2)NC(=O)[C@H](Cc2ccc(O)cc2)NC1=O. The lowest BCUT2D eigenvalue weighted by atomic mass is 9.80. The average Bonchev–Trinajstić information content (AvgIpc) is 0.818. The van der Waals surface area contributed by atoms with E-state index in [0.29, 0.717) is 47.7 Å². The molecule has 2 fully saturated rings. The van der Waals surface area contributed by atoms with Gasteiger partial charge in [0.2, 0.25) is 70.9 Å². The minimum atomic E-state index is -2.31. The van der Waals surface area contributed by atoms with E-state index in [4.69, 9.17) is 11.5 Å². The number of amides is 12. The lowest BCUT2D eigenvalue weighted by Crippen LogP contribution is -2.66. The first-order valence-corrected chi connectivity index (χ1v) is 32.7. The normalized spacial score (nSPS) is 22.9. The van der Waals surface area contributed by atoms with Crippen molar-refractivity contribution in [2.24, 2.45) is 29.2 Å². The molecule has 522 valence electrons. The van der Waals surface area contributed by atoms with E-state index in [1.807, 2.05) is 18.2 Å². The molecule has 18 N–H and O–H groups in total. The van der Waals surface area contributed by atoms with Gasteiger partial charge < -0.3 is 85.1 Å². The van der Waals surface area contributed by atoms with Gasteiger partial charge in [0.05, 0.1) is 18.7 Å². The summed E-state index contributed by atoms with van der Waals surface area (Å²) in [6, 6.07) is 10.4. The molecule has 97 heavy (non-hydrogen) atoms. The number of hydrogen-bond acceptors (Lipinski definition) is 17. The topological polar surface area (TPSA) is 492 Å². The molecule has 4 aromatic carbocycles. The molecule has 0 aromatic heterocycles. The predicted octanol–water partition coefficient (Wildman–Crippen LogP) is -0.922. The lowest BCUT2D eigenvalue weighted by molar-refractivity contribution is -0.155. The molecule has 0 bridgehead atoms. The van der Waals surface area contributed by atoms with Crippen molar-refractivity contribution in [2.45, 2.75) is 152 Å². The van der Waals surface area contributed by atoms with Crippen LogP contribution in [0, 0.1) is 17.8 Å². The van der Waals surface area contributed by atoms with Gasteiger partial charge in [-0.05, 0) is 82.8 Å². The van der Waals surface area contributed by atoms with Gasteiger partial charge in [0.25, 0.3) is 0 Å². The van der Waals surface area contributed by atoms with Crippen LogP contribution in [0.3, 0.4) is 0 Å². The molecule has 1 spiro atoms. The van der Waals surface area contributed by atoms with Gasteiger partial charge in [-0.25, -0.2) is 0 Å². The van der Waals surface area contributed by atoms with Crippen LogP contribution in [0.15, 0.2) is 91.0 Å². The highest BCUT2D eigenvalue weighted by molar-refractivity contribution is 8.00. The Morgan fingerprint density at radius 1 is 0.526 bits per heavy atom. The van der Waals surface area contributed by atoms with Crippen LogP contribution >= 0.6 is 11.8 Å². The number of thioether (sulfide) groups is 1. The number of carboxylic acids is 2. The Balaban J connectivity index is 1.41. The molecular weight excluding hydrogens is 1280 g/mol. The van der Waals surface area contributed by atoms with E-state index in [9.17, 15) is 87.5 Å². The second-order valence-corrected chi connectivity index (χ2v) is 25.9. The Labute approximate surface area is 562 Å². The Morgan fingerprint density at radius 3 is 1.56 bits per heavy atom. The van der Waals surface area contributed by atoms with Crippen LogP contribution in [0.4, 0.5) is 0 Å². The molecule has 0 unspecified atom stereocenters. The zero-order valence-corrected chi connectivity index (χ0v) is 54.8. The maximum absolute atomic E-state index is 14.9. The molecule has 0 radical (unpaired) electrons. The van der Waals surface area contributed by atoms with Gasteiger partial charge >= 0.3 is 11.9 Å². The number of rotatable bonds is 16. The van der Waals surface area contributed by atoms with Crippen LogP contribution in [0.5, 0.6) is 11.5 Å². The number of carboxylic acid groups (broad SMARTS) is 2.